The molecule has 0 aliphatic heterocycles. The molecule has 6 heteroatoms. The van der Waals surface area contributed by atoms with Gasteiger partial charge in [0.2, 0.25) is 0 Å². The second kappa shape index (κ2) is 17.1. The molecule has 0 aromatic heterocycles. The largest absolute Gasteiger partial charge is 0.312 e. The van der Waals surface area contributed by atoms with Crippen LogP contribution in [0.25, 0.3) is 0 Å². The van der Waals surface area contributed by atoms with Crippen LogP contribution in [0.2, 0.25) is 0 Å². The van der Waals surface area contributed by atoms with Gasteiger partial charge in [0.25, 0.3) is 10.1 Å². The molecular formula is C25H52N2O3S. The molecule has 0 aliphatic rings. The Kier molecular flexibility index (Phi) is 16.9. The molecule has 0 amide bonds. The van der Waals surface area contributed by atoms with E-state index < -0.39 is 20.5 Å². The molecule has 1 unspecified atom stereocenters. The minimum absolute atomic E-state index is 0.492. The number of nitrogens with one attached hydrogen (secondary N) is 1. The number of allylic oxidation sites excluding steroid dienone is 2. The Morgan fingerprint density at radius 2 is 1.23 bits per heavy atom. The highest BCUT2D eigenvalue weighted by Gasteiger charge is 2.49. The zero-order valence-electron chi connectivity index (χ0n) is 20.9. The smallest absolute Gasteiger partial charge is 0.273 e. The maximum Gasteiger partial charge on any atom is 0.273 e. The lowest BCUT2D eigenvalue weighted by molar-refractivity contribution is 0.227. The van der Waals surface area contributed by atoms with Crippen LogP contribution in [0, 0.1) is 0 Å². The molecule has 0 aliphatic carbocycles. The summed E-state index contributed by atoms with van der Waals surface area (Å²) >= 11 is 0. The van der Waals surface area contributed by atoms with Gasteiger partial charge in [-0.2, -0.15) is 8.42 Å². The minimum Gasteiger partial charge on any atom is -0.312 e. The van der Waals surface area contributed by atoms with Crippen molar-refractivity contribution < 1.29 is 13.0 Å². The summed E-state index contributed by atoms with van der Waals surface area (Å²) in [5, 5.41) is 3.22. The molecule has 0 heterocycles. The maximum atomic E-state index is 11.8. The average Bonchev–Trinajstić information content (AvgIpc) is 2.69. The first-order valence-corrected chi connectivity index (χ1v) is 14.2. The summed E-state index contributed by atoms with van der Waals surface area (Å²) in [7, 11) is -4.25. The first-order valence-electron chi connectivity index (χ1n) is 12.8. The van der Waals surface area contributed by atoms with Crippen molar-refractivity contribution in [3.63, 3.8) is 0 Å². The zero-order chi connectivity index (χ0) is 23.6. The molecule has 0 aromatic carbocycles. The van der Waals surface area contributed by atoms with E-state index >= 15 is 0 Å². The van der Waals surface area contributed by atoms with Crippen molar-refractivity contribution in [1.82, 2.24) is 5.32 Å². The van der Waals surface area contributed by atoms with E-state index in [0.717, 1.165) is 19.3 Å². The van der Waals surface area contributed by atoms with Crippen LogP contribution in [-0.2, 0) is 10.1 Å². The van der Waals surface area contributed by atoms with E-state index in [1.165, 1.54) is 90.9 Å². The Hall–Kier alpha value is -0.430. The molecule has 0 fully saturated rings. The van der Waals surface area contributed by atoms with Gasteiger partial charge in [-0.25, -0.2) is 0 Å². The van der Waals surface area contributed by atoms with Crippen molar-refractivity contribution in [1.29, 1.82) is 0 Å². The quantitative estimate of drug-likeness (QED) is 0.0763. The summed E-state index contributed by atoms with van der Waals surface area (Å²) in [6.07, 6.45) is 23.6. The second-order valence-corrected chi connectivity index (χ2v) is 11.5. The fraction of sp³-hybridized carbons (Fsp3) is 0.920. The van der Waals surface area contributed by atoms with Gasteiger partial charge in [-0.05, 0) is 58.9 Å². The number of nitrogens with two attached hydrogens (primary N) is 1. The van der Waals surface area contributed by atoms with Gasteiger partial charge in [0.1, 0.15) is 4.75 Å². The topological polar surface area (TPSA) is 92.4 Å². The van der Waals surface area contributed by atoms with E-state index in [2.05, 4.69) is 24.4 Å². The first-order chi connectivity index (χ1) is 14.6. The average molecular weight is 461 g/mol. The molecule has 4 N–H and O–H groups in total. The maximum absolute atomic E-state index is 11.8. The Labute approximate surface area is 193 Å². The third kappa shape index (κ3) is 13.0. The standard InChI is InChI=1S/C25H52N2O3S/c1-5-7-8-9-10-11-12-13-14-15-16-17-18-19-20-21-23-27-25(26,22-6-2)24(3,4)31(28,29)30/h13-14,27H,5-12,15-23,26H2,1-4H3,(H,28,29,30)/b14-13-. The zero-order valence-corrected chi connectivity index (χ0v) is 21.7. The Morgan fingerprint density at radius 1 is 0.774 bits per heavy atom. The van der Waals surface area contributed by atoms with Crippen LogP contribution in [0.5, 0.6) is 0 Å². The molecule has 0 saturated heterocycles. The Balaban J connectivity index is 3.79. The SMILES string of the molecule is CCCCCCCC/C=C\CCCCCCCCNC(N)(CCC)C(C)(C)S(=O)(=O)O. The number of unbranched alkanes of at least 4 members (excludes halogenated alkanes) is 12. The molecular weight excluding hydrogens is 408 g/mol. The fourth-order valence-corrected chi connectivity index (χ4v) is 4.55. The highest BCUT2D eigenvalue weighted by molar-refractivity contribution is 7.87. The van der Waals surface area contributed by atoms with E-state index in [4.69, 9.17) is 5.73 Å². The van der Waals surface area contributed by atoms with Crippen molar-refractivity contribution in [3.05, 3.63) is 12.2 Å². The van der Waals surface area contributed by atoms with Crippen molar-refractivity contribution in [3.8, 4) is 0 Å². The van der Waals surface area contributed by atoms with Crippen LogP contribution in [-0.4, -0.2) is 29.9 Å². The van der Waals surface area contributed by atoms with Gasteiger partial charge < -0.3 is 5.73 Å². The molecule has 0 radical (unpaired) electrons. The van der Waals surface area contributed by atoms with Crippen LogP contribution in [0.1, 0.15) is 130 Å². The predicted molar refractivity (Wildman–Crippen MR) is 135 cm³/mol. The van der Waals surface area contributed by atoms with Gasteiger partial charge in [-0.15, -0.1) is 0 Å². The van der Waals surface area contributed by atoms with Gasteiger partial charge in [-0.1, -0.05) is 90.2 Å². The predicted octanol–water partition coefficient (Wildman–Crippen LogP) is 6.74. The summed E-state index contributed by atoms with van der Waals surface area (Å²) in [5.41, 5.74) is 5.25. The molecule has 0 rings (SSSR count). The van der Waals surface area contributed by atoms with Gasteiger partial charge in [0, 0.05) is 0 Å². The Morgan fingerprint density at radius 3 is 1.68 bits per heavy atom. The fourth-order valence-electron chi connectivity index (χ4n) is 3.91. The summed E-state index contributed by atoms with van der Waals surface area (Å²) in [6.45, 7) is 7.87. The summed E-state index contributed by atoms with van der Waals surface area (Å²) in [5.74, 6) is 0. The van der Waals surface area contributed by atoms with Crippen LogP contribution < -0.4 is 11.1 Å². The first kappa shape index (κ1) is 30.6. The number of rotatable bonds is 21. The van der Waals surface area contributed by atoms with E-state index in [9.17, 15) is 13.0 Å². The molecule has 5 nitrogen and oxygen atoms in total. The normalized spacial score (nSPS) is 14.9. The van der Waals surface area contributed by atoms with E-state index in [1.807, 2.05) is 6.92 Å². The van der Waals surface area contributed by atoms with Crippen LogP contribution in [0.4, 0.5) is 0 Å². The van der Waals surface area contributed by atoms with Gasteiger partial charge >= 0.3 is 0 Å². The van der Waals surface area contributed by atoms with Crippen LogP contribution in [0.3, 0.4) is 0 Å². The summed E-state index contributed by atoms with van der Waals surface area (Å²) in [6, 6.07) is 0. The van der Waals surface area contributed by atoms with Crippen molar-refractivity contribution in [2.75, 3.05) is 6.54 Å². The lowest BCUT2D eigenvalue weighted by Crippen LogP contribution is -2.69. The van der Waals surface area contributed by atoms with Crippen molar-refractivity contribution in [2.45, 2.75) is 141 Å². The third-order valence-corrected chi connectivity index (χ3v) is 8.15. The summed E-state index contributed by atoms with van der Waals surface area (Å²) in [4.78, 5) is 0. The van der Waals surface area contributed by atoms with Crippen LogP contribution in [0.15, 0.2) is 12.2 Å². The van der Waals surface area contributed by atoms with E-state index in [-0.39, 0.29) is 0 Å². The van der Waals surface area contributed by atoms with Crippen molar-refractivity contribution in [2.24, 2.45) is 5.73 Å². The second-order valence-electron chi connectivity index (χ2n) is 9.57. The molecule has 186 valence electrons. The van der Waals surface area contributed by atoms with Crippen LogP contribution >= 0.6 is 0 Å². The van der Waals surface area contributed by atoms with Crippen molar-refractivity contribution >= 4 is 10.1 Å². The molecule has 1 atom stereocenters. The molecule has 0 bridgehead atoms. The van der Waals surface area contributed by atoms with E-state index in [0.29, 0.717) is 13.0 Å². The molecule has 31 heavy (non-hydrogen) atoms. The molecule has 0 spiro atoms. The number of hydrogen-bond donors (Lipinski definition) is 3. The summed E-state index contributed by atoms with van der Waals surface area (Å²) < 4.78 is 31.7. The number of hydrogen-bond acceptors (Lipinski definition) is 4. The lowest BCUT2D eigenvalue weighted by atomic mass is 9.90. The molecule has 0 saturated carbocycles. The van der Waals surface area contributed by atoms with E-state index in [1.54, 1.807) is 0 Å². The lowest BCUT2D eigenvalue weighted by Gasteiger charge is -2.42. The third-order valence-electron chi connectivity index (χ3n) is 6.49. The highest BCUT2D eigenvalue weighted by Crippen LogP contribution is 2.29. The molecule has 0 aromatic rings. The van der Waals surface area contributed by atoms with Gasteiger partial charge in [0.15, 0.2) is 0 Å². The van der Waals surface area contributed by atoms with Gasteiger partial charge in [0.05, 0.1) is 5.66 Å². The Bertz CT molecular complexity index is 561. The highest BCUT2D eigenvalue weighted by atomic mass is 32.2. The van der Waals surface area contributed by atoms with Gasteiger partial charge in [-0.3, -0.25) is 9.87 Å². The monoisotopic (exact) mass is 460 g/mol. The minimum atomic E-state index is -4.25.